The molecular weight excluding hydrogens is 249 g/mol. The first-order valence-corrected chi connectivity index (χ1v) is 6.01. The molecule has 104 valence electrons. The Hall–Kier alpha value is -2.11. The molecule has 0 radical (unpaired) electrons. The fraction of sp³-hybridized carbons (Fsp3) is 0.385. The van der Waals surface area contributed by atoms with E-state index in [0.717, 1.165) is 0 Å². The van der Waals surface area contributed by atoms with Crippen LogP contribution in [-0.4, -0.2) is 34.9 Å². The van der Waals surface area contributed by atoms with Crippen LogP contribution >= 0.6 is 0 Å². The van der Waals surface area contributed by atoms with Crippen molar-refractivity contribution in [1.29, 1.82) is 0 Å². The Labute approximate surface area is 111 Å². The lowest BCUT2D eigenvalue weighted by Crippen LogP contribution is -2.38. The van der Waals surface area contributed by atoms with Gasteiger partial charge in [0.05, 0.1) is 0 Å². The van der Waals surface area contributed by atoms with Crippen molar-refractivity contribution in [2.24, 2.45) is 16.8 Å². The van der Waals surface area contributed by atoms with E-state index in [4.69, 9.17) is 10.9 Å². The van der Waals surface area contributed by atoms with Crippen molar-refractivity contribution in [2.45, 2.75) is 13.8 Å². The van der Waals surface area contributed by atoms with Crippen molar-refractivity contribution in [1.82, 2.24) is 4.90 Å². The van der Waals surface area contributed by atoms with Crippen LogP contribution in [0.3, 0.4) is 0 Å². The number of carbonyl (C=O) groups is 1. The fourth-order valence-electron chi connectivity index (χ4n) is 1.68. The van der Waals surface area contributed by atoms with E-state index in [1.165, 1.54) is 23.1 Å². The predicted molar refractivity (Wildman–Crippen MR) is 70.6 cm³/mol. The van der Waals surface area contributed by atoms with Crippen LogP contribution in [-0.2, 0) is 0 Å². The second-order valence-electron chi connectivity index (χ2n) is 4.28. The van der Waals surface area contributed by atoms with Crippen LogP contribution in [0.2, 0.25) is 0 Å². The quantitative estimate of drug-likeness (QED) is 0.368. The number of benzene rings is 1. The number of rotatable bonds is 5. The molecule has 1 amide bonds. The number of hydrogen-bond acceptors (Lipinski definition) is 3. The zero-order chi connectivity index (χ0) is 14.4. The van der Waals surface area contributed by atoms with E-state index < -0.39 is 5.82 Å². The molecule has 1 aromatic carbocycles. The Morgan fingerprint density at radius 2 is 2.26 bits per heavy atom. The second kappa shape index (κ2) is 6.72. The highest BCUT2D eigenvalue weighted by atomic mass is 19.1. The van der Waals surface area contributed by atoms with Crippen molar-refractivity contribution in [2.75, 3.05) is 13.1 Å². The molecule has 0 aliphatic carbocycles. The van der Waals surface area contributed by atoms with E-state index in [9.17, 15) is 9.18 Å². The first kappa shape index (κ1) is 14.9. The van der Waals surface area contributed by atoms with Gasteiger partial charge in [0.15, 0.2) is 0 Å². The van der Waals surface area contributed by atoms with Gasteiger partial charge in [-0.2, -0.15) is 0 Å². The number of amides is 1. The lowest BCUT2D eigenvalue weighted by atomic mass is 10.1. The van der Waals surface area contributed by atoms with Gasteiger partial charge in [-0.1, -0.05) is 18.1 Å². The highest BCUT2D eigenvalue weighted by Gasteiger charge is 2.19. The molecule has 0 aliphatic heterocycles. The summed E-state index contributed by atoms with van der Waals surface area (Å²) in [5.41, 5.74) is 5.77. The van der Waals surface area contributed by atoms with Crippen LogP contribution in [0.5, 0.6) is 0 Å². The third-order valence-corrected chi connectivity index (χ3v) is 2.86. The molecule has 0 saturated carbocycles. The maximum atomic E-state index is 13.1. The largest absolute Gasteiger partial charge is 0.409 e. The normalized spacial score (nSPS) is 13.1. The predicted octanol–water partition coefficient (Wildman–Crippen LogP) is 1.67. The minimum Gasteiger partial charge on any atom is -0.409 e. The number of carbonyl (C=O) groups excluding carboxylic acids is 1. The molecule has 3 N–H and O–H groups in total. The van der Waals surface area contributed by atoms with Crippen LogP contribution in [0.4, 0.5) is 4.39 Å². The molecule has 0 fully saturated rings. The smallest absolute Gasteiger partial charge is 0.253 e. The minimum absolute atomic E-state index is 0.0606. The van der Waals surface area contributed by atoms with Gasteiger partial charge in [0.2, 0.25) is 0 Å². The Morgan fingerprint density at radius 1 is 1.58 bits per heavy atom. The van der Waals surface area contributed by atoms with Gasteiger partial charge in [-0.15, -0.1) is 0 Å². The SMILES string of the molecule is CCN(CC(C)/C(N)=N/O)C(=O)c1cccc(F)c1. The van der Waals surface area contributed by atoms with E-state index in [2.05, 4.69) is 5.16 Å². The number of oxime groups is 1. The van der Waals surface area contributed by atoms with Crippen LogP contribution in [0.15, 0.2) is 29.4 Å². The number of amidine groups is 1. The molecule has 0 saturated heterocycles. The number of nitrogens with two attached hydrogens (primary N) is 1. The monoisotopic (exact) mass is 267 g/mol. The van der Waals surface area contributed by atoms with Crippen molar-refractivity contribution < 1.29 is 14.4 Å². The second-order valence-corrected chi connectivity index (χ2v) is 4.28. The molecule has 1 aromatic rings. The molecule has 0 aromatic heterocycles. The van der Waals surface area contributed by atoms with Crippen molar-refractivity contribution >= 4 is 11.7 Å². The van der Waals surface area contributed by atoms with Crippen molar-refractivity contribution in [3.8, 4) is 0 Å². The molecule has 1 atom stereocenters. The van der Waals surface area contributed by atoms with Crippen LogP contribution < -0.4 is 5.73 Å². The van der Waals surface area contributed by atoms with Crippen LogP contribution in [0, 0.1) is 11.7 Å². The highest BCUT2D eigenvalue weighted by molar-refractivity contribution is 5.94. The van der Waals surface area contributed by atoms with Crippen molar-refractivity contribution in [3.63, 3.8) is 0 Å². The maximum absolute atomic E-state index is 13.1. The van der Waals surface area contributed by atoms with E-state index in [-0.39, 0.29) is 23.2 Å². The Morgan fingerprint density at radius 3 is 2.79 bits per heavy atom. The summed E-state index contributed by atoms with van der Waals surface area (Å²) in [6, 6.07) is 5.52. The molecule has 6 heteroatoms. The minimum atomic E-state index is -0.452. The third-order valence-electron chi connectivity index (χ3n) is 2.86. The highest BCUT2D eigenvalue weighted by Crippen LogP contribution is 2.09. The van der Waals surface area contributed by atoms with Crippen molar-refractivity contribution in [3.05, 3.63) is 35.6 Å². The molecule has 5 nitrogen and oxygen atoms in total. The topological polar surface area (TPSA) is 78.9 Å². The van der Waals surface area contributed by atoms with Gasteiger partial charge in [-0.25, -0.2) is 4.39 Å². The summed E-state index contributed by atoms with van der Waals surface area (Å²) in [5.74, 6) is -0.945. The van der Waals surface area contributed by atoms with E-state index >= 15 is 0 Å². The van der Waals surface area contributed by atoms with Gasteiger partial charge in [-0.3, -0.25) is 4.79 Å². The van der Waals surface area contributed by atoms with Crippen LogP contribution in [0.1, 0.15) is 24.2 Å². The molecule has 0 aliphatic rings. The van der Waals surface area contributed by atoms with Gasteiger partial charge in [0, 0.05) is 24.6 Å². The van der Waals surface area contributed by atoms with E-state index in [1.807, 2.05) is 6.92 Å². The van der Waals surface area contributed by atoms with E-state index in [1.54, 1.807) is 13.0 Å². The number of hydrogen-bond donors (Lipinski definition) is 2. The number of halogens is 1. The molecule has 0 heterocycles. The van der Waals surface area contributed by atoms with Gasteiger partial charge < -0.3 is 15.8 Å². The average Bonchev–Trinajstić information content (AvgIpc) is 2.42. The summed E-state index contributed by atoms with van der Waals surface area (Å²) in [5, 5.41) is 11.5. The van der Waals surface area contributed by atoms with Gasteiger partial charge in [-0.05, 0) is 25.1 Å². The molecule has 19 heavy (non-hydrogen) atoms. The lowest BCUT2D eigenvalue weighted by Gasteiger charge is -2.24. The molecule has 0 bridgehead atoms. The molecule has 0 spiro atoms. The third kappa shape index (κ3) is 3.94. The maximum Gasteiger partial charge on any atom is 0.253 e. The lowest BCUT2D eigenvalue weighted by molar-refractivity contribution is 0.0753. The van der Waals surface area contributed by atoms with Gasteiger partial charge in [0.25, 0.3) is 5.91 Å². The van der Waals surface area contributed by atoms with Gasteiger partial charge >= 0.3 is 0 Å². The summed E-state index contributed by atoms with van der Waals surface area (Å²) in [6.07, 6.45) is 0. The Kier molecular flexibility index (Phi) is 5.29. The first-order valence-electron chi connectivity index (χ1n) is 6.01. The van der Waals surface area contributed by atoms with E-state index in [0.29, 0.717) is 13.1 Å². The zero-order valence-corrected chi connectivity index (χ0v) is 11.0. The summed E-state index contributed by atoms with van der Waals surface area (Å²) in [6.45, 7) is 4.33. The standard InChI is InChI=1S/C13H18FN3O2/c1-3-17(8-9(2)12(15)16-19)13(18)10-5-4-6-11(14)7-10/h4-7,9,19H,3,8H2,1-2H3,(H2,15,16). The molecular formula is C13H18FN3O2. The average molecular weight is 267 g/mol. The summed E-state index contributed by atoms with van der Waals surface area (Å²) < 4.78 is 13.1. The molecule has 1 unspecified atom stereocenters. The number of nitrogens with zero attached hydrogens (tertiary/aromatic N) is 2. The summed E-state index contributed by atoms with van der Waals surface area (Å²) >= 11 is 0. The molecule has 1 rings (SSSR count). The summed E-state index contributed by atoms with van der Waals surface area (Å²) in [4.78, 5) is 13.7. The summed E-state index contributed by atoms with van der Waals surface area (Å²) in [7, 11) is 0. The first-order chi connectivity index (χ1) is 8.99. The van der Waals surface area contributed by atoms with Crippen LogP contribution in [0.25, 0.3) is 0 Å². The Balaban J connectivity index is 2.83. The van der Waals surface area contributed by atoms with Gasteiger partial charge in [0.1, 0.15) is 11.7 Å². The Bertz CT molecular complexity index is 477. The fourth-order valence-corrected chi connectivity index (χ4v) is 1.68. The zero-order valence-electron chi connectivity index (χ0n) is 11.0.